The molecule has 0 aliphatic carbocycles. The zero-order valence-electron chi connectivity index (χ0n) is 13.1. The zero-order valence-corrected chi connectivity index (χ0v) is 13.1. The van der Waals surface area contributed by atoms with E-state index in [2.05, 4.69) is 4.74 Å². The summed E-state index contributed by atoms with van der Waals surface area (Å²) in [6.45, 7) is 0.280. The summed E-state index contributed by atoms with van der Waals surface area (Å²) < 4.78 is 59.3. The average Bonchev–Trinajstić information content (AvgIpc) is 3.03. The molecule has 2 heterocycles. The Morgan fingerprint density at radius 3 is 2.56 bits per heavy atom. The van der Waals surface area contributed by atoms with E-state index in [9.17, 15) is 27.2 Å². The van der Waals surface area contributed by atoms with E-state index < -0.39 is 34.6 Å². The Hall–Kier alpha value is -2.64. The molecular weight excluding hydrogens is 342 g/mol. The second-order valence-corrected chi connectivity index (χ2v) is 5.66. The van der Waals surface area contributed by atoms with Crippen LogP contribution < -0.4 is 5.56 Å². The maximum atomic E-state index is 13.6. The smallest absolute Gasteiger partial charge is 0.417 e. The number of hydrogen-bond donors (Lipinski definition) is 0. The third-order valence-corrected chi connectivity index (χ3v) is 4.18. The van der Waals surface area contributed by atoms with Gasteiger partial charge in [-0.2, -0.15) is 13.2 Å². The van der Waals surface area contributed by atoms with Crippen molar-refractivity contribution in [1.82, 2.24) is 4.57 Å². The average molecular weight is 355 g/mol. The van der Waals surface area contributed by atoms with E-state index >= 15 is 0 Å². The summed E-state index contributed by atoms with van der Waals surface area (Å²) in [5.74, 6) is -1.66. The fourth-order valence-electron chi connectivity index (χ4n) is 3.08. The van der Waals surface area contributed by atoms with Crippen molar-refractivity contribution in [3.05, 3.63) is 57.3 Å². The molecule has 0 fully saturated rings. The lowest BCUT2D eigenvalue weighted by molar-refractivity contribution is -0.137. The maximum absolute atomic E-state index is 13.6. The van der Waals surface area contributed by atoms with E-state index in [0.717, 1.165) is 13.2 Å². The highest BCUT2D eigenvalue weighted by Crippen LogP contribution is 2.37. The normalized spacial score (nSPS) is 13.6. The summed E-state index contributed by atoms with van der Waals surface area (Å²) >= 11 is 0. The van der Waals surface area contributed by atoms with Crippen LogP contribution in [0, 0.1) is 5.82 Å². The van der Waals surface area contributed by atoms with Crippen LogP contribution in [-0.2, 0) is 23.9 Å². The number of benzene rings is 1. The molecule has 3 rings (SSSR count). The highest BCUT2D eigenvalue weighted by Gasteiger charge is 2.35. The number of esters is 1. The van der Waals surface area contributed by atoms with Crippen molar-refractivity contribution >= 4 is 5.97 Å². The minimum atomic E-state index is -4.77. The van der Waals surface area contributed by atoms with Gasteiger partial charge in [0.25, 0.3) is 5.56 Å². The summed E-state index contributed by atoms with van der Waals surface area (Å²) in [6, 6.07) is 2.98. The van der Waals surface area contributed by atoms with Gasteiger partial charge in [-0.25, -0.2) is 9.18 Å². The Bertz CT molecular complexity index is 915. The van der Waals surface area contributed by atoms with Crippen LogP contribution in [0.1, 0.15) is 28.0 Å². The Morgan fingerprint density at radius 2 is 1.92 bits per heavy atom. The quantitative estimate of drug-likeness (QED) is 0.613. The summed E-state index contributed by atoms with van der Waals surface area (Å²) in [7, 11) is 1.14. The molecule has 0 N–H and O–H groups in total. The topological polar surface area (TPSA) is 48.3 Å². The molecule has 0 unspecified atom stereocenters. The largest absolute Gasteiger partial charge is 0.465 e. The van der Waals surface area contributed by atoms with Gasteiger partial charge in [-0.05, 0) is 37.1 Å². The van der Waals surface area contributed by atoms with Crippen LogP contribution in [0.4, 0.5) is 17.6 Å². The van der Waals surface area contributed by atoms with Gasteiger partial charge < -0.3 is 9.30 Å². The van der Waals surface area contributed by atoms with Gasteiger partial charge in [-0.15, -0.1) is 0 Å². The summed E-state index contributed by atoms with van der Waals surface area (Å²) in [5, 5.41) is 0. The van der Waals surface area contributed by atoms with E-state index in [1.54, 1.807) is 0 Å². The van der Waals surface area contributed by atoms with Gasteiger partial charge in [0.15, 0.2) is 0 Å². The molecule has 1 aliphatic heterocycles. The van der Waals surface area contributed by atoms with E-state index in [1.165, 1.54) is 4.57 Å². The van der Waals surface area contributed by atoms with E-state index in [1.807, 2.05) is 0 Å². The Labute approximate surface area is 139 Å². The molecule has 2 aromatic rings. The number of carbonyl (C=O) groups is 1. The summed E-state index contributed by atoms with van der Waals surface area (Å²) in [5.41, 5.74) is -2.35. The van der Waals surface area contributed by atoms with Crippen LogP contribution in [0.5, 0.6) is 0 Å². The maximum Gasteiger partial charge on any atom is 0.417 e. The minimum absolute atomic E-state index is 0.0204. The van der Waals surface area contributed by atoms with Gasteiger partial charge >= 0.3 is 12.1 Å². The Kier molecular flexibility index (Phi) is 4.14. The Morgan fingerprint density at radius 1 is 1.20 bits per heavy atom. The van der Waals surface area contributed by atoms with E-state index in [-0.39, 0.29) is 17.7 Å². The number of alkyl halides is 3. The van der Waals surface area contributed by atoms with Crippen LogP contribution in [0.15, 0.2) is 29.1 Å². The molecule has 0 saturated heterocycles. The van der Waals surface area contributed by atoms with Gasteiger partial charge in [0.1, 0.15) is 5.82 Å². The molecule has 0 bridgehead atoms. The second-order valence-electron chi connectivity index (χ2n) is 5.66. The molecule has 8 heteroatoms. The first kappa shape index (κ1) is 17.2. The van der Waals surface area contributed by atoms with Crippen molar-refractivity contribution in [3.63, 3.8) is 0 Å². The van der Waals surface area contributed by atoms with Crippen LogP contribution >= 0.6 is 0 Å². The lowest BCUT2D eigenvalue weighted by atomic mass is 9.97. The minimum Gasteiger partial charge on any atom is -0.465 e. The van der Waals surface area contributed by atoms with Crippen molar-refractivity contribution in [2.45, 2.75) is 25.6 Å². The predicted octanol–water partition coefficient (Wildman–Crippen LogP) is 3.41. The molecular formula is C17H13F4NO3. The zero-order chi connectivity index (χ0) is 18.4. The molecule has 132 valence electrons. The van der Waals surface area contributed by atoms with Crippen LogP contribution in [0.3, 0.4) is 0 Å². The first-order valence-corrected chi connectivity index (χ1v) is 7.46. The predicted molar refractivity (Wildman–Crippen MR) is 80.8 cm³/mol. The first-order chi connectivity index (χ1) is 11.7. The van der Waals surface area contributed by atoms with Crippen molar-refractivity contribution < 1.29 is 27.1 Å². The summed E-state index contributed by atoms with van der Waals surface area (Å²) in [6.07, 6.45) is -3.75. The molecule has 0 spiro atoms. The number of aromatic nitrogens is 1. The number of carbonyl (C=O) groups excluding carboxylic acids is 1. The van der Waals surface area contributed by atoms with Gasteiger partial charge in [0, 0.05) is 23.4 Å². The first-order valence-electron chi connectivity index (χ1n) is 7.46. The molecule has 0 amide bonds. The van der Waals surface area contributed by atoms with Gasteiger partial charge in [-0.3, -0.25) is 4.79 Å². The highest BCUT2D eigenvalue weighted by atomic mass is 19.4. The van der Waals surface area contributed by atoms with E-state index in [4.69, 9.17) is 0 Å². The standard InChI is InChI=1S/C17H13F4NO3/c1-25-16(24)12-8-11(15(23)22-6-2-3-14(12)22)10-7-9(18)4-5-13(10)17(19,20)21/h4-5,7-8H,2-3,6H2,1H3. The van der Waals surface area contributed by atoms with Crippen LogP contribution in [-0.4, -0.2) is 17.6 Å². The van der Waals surface area contributed by atoms with Gasteiger partial charge in [0.2, 0.25) is 0 Å². The lowest BCUT2D eigenvalue weighted by Gasteiger charge is -2.16. The highest BCUT2D eigenvalue weighted by molar-refractivity contribution is 5.92. The van der Waals surface area contributed by atoms with E-state index in [0.29, 0.717) is 36.7 Å². The number of pyridine rings is 1. The molecule has 1 aliphatic rings. The van der Waals surface area contributed by atoms with Gasteiger partial charge in [0.05, 0.1) is 18.2 Å². The van der Waals surface area contributed by atoms with Crippen LogP contribution in [0.2, 0.25) is 0 Å². The van der Waals surface area contributed by atoms with Crippen molar-refractivity contribution in [1.29, 1.82) is 0 Å². The van der Waals surface area contributed by atoms with Crippen molar-refractivity contribution in [2.24, 2.45) is 0 Å². The van der Waals surface area contributed by atoms with Crippen molar-refractivity contribution in [3.8, 4) is 11.1 Å². The molecule has 0 saturated carbocycles. The monoisotopic (exact) mass is 355 g/mol. The Balaban J connectivity index is 2.35. The lowest BCUT2D eigenvalue weighted by Crippen LogP contribution is -2.25. The number of halogens is 4. The van der Waals surface area contributed by atoms with Crippen LogP contribution in [0.25, 0.3) is 11.1 Å². The fourth-order valence-corrected chi connectivity index (χ4v) is 3.08. The third kappa shape index (κ3) is 2.92. The number of ether oxygens (including phenoxy) is 1. The molecule has 25 heavy (non-hydrogen) atoms. The third-order valence-electron chi connectivity index (χ3n) is 4.18. The molecule has 1 aromatic heterocycles. The molecule has 0 atom stereocenters. The SMILES string of the molecule is COC(=O)c1cc(-c2cc(F)ccc2C(F)(F)F)c(=O)n2c1CCC2. The van der Waals surface area contributed by atoms with Gasteiger partial charge in [-0.1, -0.05) is 0 Å². The number of nitrogens with zero attached hydrogens (tertiary/aromatic N) is 1. The molecule has 1 aromatic carbocycles. The number of rotatable bonds is 2. The number of methoxy groups -OCH3 is 1. The number of fused-ring (bicyclic) bond motifs is 1. The second kappa shape index (κ2) is 6.02. The fraction of sp³-hybridized carbons (Fsp3) is 0.294. The number of hydrogen-bond acceptors (Lipinski definition) is 3. The summed E-state index contributed by atoms with van der Waals surface area (Å²) in [4.78, 5) is 24.6. The molecule has 4 nitrogen and oxygen atoms in total. The molecule has 0 radical (unpaired) electrons. The van der Waals surface area contributed by atoms with Crippen molar-refractivity contribution in [2.75, 3.05) is 7.11 Å².